The summed E-state index contributed by atoms with van der Waals surface area (Å²) in [5, 5.41) is 0.403. The van der Waals surface area contributed by atoms with E-state index in [2.05, 4.69) is 0 Å². The van der Waals surface area contributed by atoms with Crippen LogP contribution in [0, 0.1) is 6.92 Å². The molecule has 1 heterocycles. The van der Waals surface area contributed by atoms with Gasteiger partial charge in [0.25, 0.3) is 0 Å². The van der Waals surface area contributed by atoms with Gasteiger partial charge in [-0.2, -0.15) is 0 Å². The molecule has 0 aromatic heterocycles. The highest BCUT2D eigenvalue weighted by atomic mass is 32.1. The van der Waals surface area contributed by atoms with Crippen LogP contribution in [0.5, 0.6) is 5.75 Å². The number of hydrogen-bond donors (Lipinski definition) is 1. The Morgan fingerprint density at radius 2 is 2.36 bits per heavy atom. The van der Waals surface area contributed by atoms with Gasteiger partial charge in [-0.3, -0.25) is 0 Å². The molecule has 0 saturated carbocycles. The maximum atomic E-state index is 5.63. The van der Waals surface area contributed by atoms with Gasteiger partial charge in [-0.1, -0.05) is 12.1 Å². The predicted molar refractivity (Wildman–Crippen MR) is 60.8 cm³/mol. The molecule has 74 valence electrons. The molecule has 0 aliphatic carbocycles. The van der Waals surface area contributed by atoms with Gasteiger partial charge in [0.2, 0.25) is 0 Å². The fourth-order valence-corrected chi connectivity index (χ4v) is 1.82. The Balaban J connectivity index is 2.49. The highest BCUT2D eigenvalue weighted by molar-refractivity contribution is 7.80. The van der Waals surface area contributed by atoms with Gasteiger partial charge in [0, 0.05) is 0 Å². The first-order chi connectivity index (χ1) is 6.70. The van der Waals surface area contributed by atoms with Gasteiger partial charge >= 0.3 is 0 Å². The zero-order chi connectivity index (χ0) is 10.1. The summed E-state index contributed by atoms with van der Waals surface area (Å²) < 4.78 is 5.58. The first-order valence-electron chi connectivity index (χ1n) is 4.49. The molecular formula is C10H12N2OS. The van der Waals surface area contributed by atoms with Crippen LogP contribution in [0.3, 0.4) is 0 Å². The molecular weight excluding hydrogens is 196 g/mol. The lowest BCUT2D eigenvalue weighted by molar-refractivity contribution is 0.313. The number of para-hydroxylation sites is 1. The van der Waals surface area contributed by atoms with Crippen LogP contribution in [-0.4, -0.2) is 18.3 Å². The number of anilines is 1. The molecule has 2 N–H and O–H groups in total. The summed E-state index contributed by atoms with van der Waals surface area (Å²) >= 11 is 4.98. The Bertz CT molecular complexity index is 378. The van der Waals surface area contributed by atoms with Crippen molar-refractivity contribution in [3.05, 3.63) is 23.8 Å². The van der Waals surface area contributed by atoms with Crippen LogP contribution in [0.25, 0.3) is 0 Å². The van der Waals surface area contributed by atoms with Crippen LogP contribution in [0.1, 0.15) is 5.56 Å². The third-order valence-corrected chi connectivity index (χ3v) is 2.53. The first-order valence-corrected chi connectivity index (χ1v) is 4.90. The normalized spacial score (nSPS) is 14.5. The Morgan fingerprint density at radius 3 is 3.07 bits per heavy atom. The van der Waals surface area contributed by atoms with Gasteiger partial charge in [0.1, 0.15) is 12.4 Å². The molecule has 1 aliphatic heterocycles. The fraction of sp³-hybridized carbons (Fsp3) is 0.300. The molecule has 0 atom stereocenters. The van der Waals surface area contributed by atoms with Gasteiger partial charge in [0.05, 0.1) is 12.2 Å². The summed E-state index contributed by atoms with van der Waals surface area (Å²) in [4.78, 5) is 1.90. The number of thiocarbonyl (C=S) groups is 1. The topological polar surface area (TPSA) is 38.5 Å². The second-order valence-corrected chi connectivity index (χ2v) is 3.68. The average Bonchev–Trinajstić information content (AvgIpc) is 2.17. The molecule has 2 rings (SSSR count). The first kappa shape index (κ1) is 9.27. The van der Waals surface area contributed by atoms with Gasteiger partial charge < -0.3 is 15.4 Å². The smallest absolute Gasteiger partial charge is 0.171 e. The minimum Gasteiger partial charge on any atom is -0.489 e. The summed E-state index contributed by atoms with van der Waals surface area (Å²) in [7, 11) is 0. The van der Waals surface area contributed by atoms with Crippen molar-refractivity contribution in [1.82, 2.24) is 0 Å². The monoisotopic (exact) mass is 208 g/mol. The van der Waals surface area contributed by atoms with Crippen LogP contribution in [-0.2, 0) is 0 Å². The van der Waals surface area contributed by atoms with Gasteiger partial charge in [-0.05, 0) is 30.8 Å². The molecule has 14 heavy (non-hydrogen) atoms. The largest absolute Gasteiger partial charge is 0.489 e. The number of ether oxygens (including phenoxy) is 1. The van der Waals surface area contributed by atoms with E-state index in [0.29, 0.717) is 11.7 Å². The summed E-state index contributed by atoms with van der Waals surface area (Å²) in [5.74, 6) is 0.895. The molecule has 0 fully saturated rings. The quantitative estimate of drug-likeness (QED) is 0.655. The van der Waals surface area contributed by atoms with Gasteiger partial charge in [-0.25, -0.2) is 0 Å². The molecule has 4 heteroatoms. The van der Waals surface area contributed by atoms with Crippen molar-refractivity contribution in [2.45, 2.75) is 6.92 Å². The van der Waals surface area contributed by atoms with Crippen molar-refractivity contribution < 1.29 is 4.74 Å². The van der Waals surface area contributed by atoms with Crippen molar-refractivity contribution in [1.29, 1.82) is 0 Å². The Kier molecular flexibility index (Phi) is 2.29. The highest BCUT2D eigenvalue weighted by Gasteiger charge is 2.20. The van der Waals surface area contributed by atoms with Gasteiger partial charge in [-0.15, -0.1) is 0 Å². The third-order valence-electron chi connectivity index (χ3n) is 2.31. The molecule has 1 aliphatic rings. The molecule has 1 aromatic carbocycles. The maximum Gasteiger partial charge on any atom is 0.171 e. The number of nitrogens with two attached hydrogens (primary N) is 1. The second-order valence-electron chi connectivity index (χ2n) is 3.26. The Labute approximate surface area is 88.5 Å². The molecule has 0 spiro atoms. The van der Waals surface area contributed by atoms with Crippen LogP contribution in [0.4, 0.5) is 5.69 Å². The zero-order valence-electron chi connectivity index (χ0n) is 7.99. The second kappa shape index (κ2) is 3.46. The lowest BCUT2D eigenvalue weighted by atomic mass is 10.1. The minimum absolute atomic E-state index is 0.403. The van der Waals surface area contributed by atoms with Crippen LogP contribution < -0.4 is 15.4 Å². The predicted octanol–water partition coefficient (Wildman–Crippen LogP) is 1.44. The SMILES string of the molecule is Cc1cccc2c1OCCN2C(N)=S. The fourth-order valence-electron chi connectivity index (χ4n) is 1.63. The minimum atomic E-state index is 0.403. The molecule has 0 bridgehead atoms. The summed E-state index contributed by atoms with van der Waals surface area (Å²) in [5.41, 5.74) is 7.72. The van der Waals surface area contributed by atoms with E-state index in [1.165, 1.54) is 0 Å². The molecule has 3 nitrogen and oxygen atoms in total. The molecule has 0 amide bonds. The van der Waals surface area contributed by atoms with E-state index in [1.807, 2.05) is 30.0 Å². The highest BCUT2D eigenvalue weighted by Crippen LogP contribution is 2.34. The number of rotatable bonds is 0. The standard InChI is InChI=1S/C10H12N2OS/c1-7-3-2-4-8-9(7)13-6-5-12(8)10(11)14/h2-4H,5-6H2,1H3,(H2,11,14). The van der Waals surface area contributed by atoms with Crippen LogP contribution in [0.2, 0.25) is 0 Å². The number of hydrogen-bond acceptors (Lipinski definition) is 2. The van der Waals surface area contributed by atoms with Crippen molar-refractivity contribution >= 4 is 23.0 Å². The maximum absolute atomic E-state index is 5.63. The molecule has 0 radical (unpaired) electrons. The van der Waals surface area contributed by atoms with Crippen LogP contribution in [0.15, 0.2) is 18.2 Å². The average molecular weight is 208 g/mol. The Hall–Kier alpha value is -1.29. The van der Waals surface area contributed by atoms with E-state index in [1.54, 1.807) is 0 Å². The van der Waals surface area contributed by atoms with Crippen LogP contribution >= 0.6 is 12.2 Å². The van der Waals surface area contributed by atoms with Gasteiger partial charge in [0.15, 0.2) is 5.11 Å². The lowest BCUT2D eigenvalue weighted by Crippen LogP contribution is -2.41. The number of benzene rings is 1. The number of fused-ring (bicyclic) bond motifs is 1. The van der Waals surface area contributed by atoms with Crippen molar-refractivity contribution in [2.75, 3.05) is 18.1 Å². The number of aryl methyl sites for hydroxylation is 1. The van der Waals surface area contributed by atoms with E-state index >= 15 is 0 Å². The van der Waals surface area contributed by atoms with E-state index in [4.69, 9.17) is 22.7 Å². The number of nitrogens with zero attached hydrogens (tertiary/aromatic N) is 1. The van der Waals surface area contributed by atoms with E-state index in [0.717, 1.165) is 23.5 Å². The van der Waals surface area contributed by atoms with E-state index in [9.17, 15) is 0 Å². The Morgan fingerprint density at radius 1 is 1.57 bits per heavy atom. The van der Waals surface area contributed by atoms with Crippen molar-refractivity contribution in [3.63, 3.8) is 0 Å². The van der Waals surface area contributed by atoms with E-state index in [-0.39, 0.29) is 0 Å². The summed E-state index contributed by atoms with van der Waals surface area (Å²) in [6, 6.07) is 5.97. The lowest BCUT2D eigenvalue weighted by Gasteiger charge is -2.30. The zero-order valence-corrected chi connectivity index (χ0v) is 8.80. The summed E-state index contributed by atoms with van der Waals surface area (Å²) in [6.07, 6.45) is 0. The third kappa shape index (κ3) is 1.42. The van der Waals surface area contributed by atoms with Crippen molar-refractivity contribution in [3.8, 4) is 5.75 Å². The molecule has 1 aromatic rings. The summed E-state index contributed by atoms with van der Waals surface area (Å²) in [6.45, 7) is 3.38. The molecule has 0 unspecified atom stereocenters. The molecule has 0 saturated heterocycles. The van der Waals surface area contributed by atoms with Crippen molar-refractivity contribution in [2.24, 2.45) is 5.73 Å². The van der Waals surface area contributed by atoms with E-state index < -0.39 is 0 Å².